The standard InChI is InChI=1S/C21H32N4O5/c1-5-29-18-8-7-17(13-19(18)30-6-2)22-20(27)14-23(4)15-21(28)25-11-9-24(10-12-25)16(3)26/h7-8,13H,5-6,9-12,14-15H2,1-4H3,(H,22,27). The van der Waals surface area contributed by atoms with Gasteiger partial charge in [-0.25, -0.2) is 0 Å². The van der Waals surface area contributed by atoms with E-state index < -0.39 is 0 Å². The number of carbonyl (C=O) groups is 3. The van der Waals surface area contributed by atoms with Gasteiger partial charge in [0.2, 0.25) is 17.7 Å². The second-order valence-electron chi connectivity index (χ2n) is 7.13. The monoisotopic (exact) mass is 420 g/mol. The average Bonchev–Trinajstić information content (AvgIpc) is 2.70. The van der Waals surface area contributed by atoms with E-state index in [2.05, 4.69) is 5.32 Å². The summed E-state index contributed by atoms with van der Waals surface area (Å²) in [5, 5.41) is 2.83. The van der Waals surface area contributed by atoms with Gasteiger partial charge in [-0.1, -0.05) is 0 Å². The van der Waals surface area contributed by atoms with Crippen LogP contribution in [0.2, 0.25) is 0 Å². The van der Waals surface area contributed by atoms with Gasteiger partial charge < -0.3 is 24.6 Å². The maximum atomic E-state index is 12.5. The highest BCUT2D eigenvalue weighted by molar-refractivity contribution is 5.93. The van der Waals surface area contributed by atoms with Crippen molar-refractivity contribution in [2.75, 3.05) is 64.8 Å². The van der Waals surface area contributed by atoms with Crippen LogP contribution in [0.5, 0.6) is 11.5 Å². The van der Waals surface area contributed by atoms with E-state index in [1.165, 1.54) is 6.92 Å². The van der Waals surface area contributed by atoms with Crippen molar-refractivity contribution in [3.63, 3.8) is 0 Å². The van der Waals surface area contributed by atoms with Crippen LogP contribution in [-0.4, -0.2) is 92.0 Å². The number of likely N-dealkylation sites (N-methyl/N-ethyl adjacent to an activating group) is 1. The third-order valence-electron chi connectivity index (χ3n) is 4.72. The summed E-state index contributed by atoms with van der Waals surface area (Å²) in [5.74, 6) is 0.958. The van der Waals surface area contributed by atoms with E-state index in [4.69, 9.17) is 9.47 Å². The zero-order chi connectivity index (χ0) is 22.1. The molecule has 0 aliphatic carbocycles. The second-order valence-corrected chi connectivity index (χ2v) is 7.13. The van der Waals surface area contributed by atoms with Gasteiger partial charge in [-0.2, -0.15) is 0 Å². The maximum Gasteiger partial charge on any atom is 0.238 e. The molecule has 0 saturated carbocycles. The van der Waals surface area contributed by atoms with Crippen LogP contribution >= 0.6 is 0 Å². The smallest absolute Gasteiger partial charge is 0.238 e. The Bertz CT molecular complexity index is 747. The number of carbonyl (C=O) groups excluding carboxylic acids is 3. The molecule has 30 heavy (non-hydrogen) atoms. The van der Waals surface area contributed by atoms with E-state index in [0.29, 0.717) is 56.6 Å². The Balaban J connectivity index is 1.83. The van der Waals surface area contributed by atoms with Crippen molar-refractivity contribution < 1.29 is 23.9 Å². The lowest BCUT2D eigenvalue weighted by Crippen LogP contribution is -2.52. The van der Waals surface area contributed by atoms with Crippen molar-refractivity contribution in [2.24, 2.45) is 0 Å². The zero-order valence-electron chi connectivity index (χ0n) is 18.3. The number of ether oxygens (including phenoxy) is 2. The first-order chi connectivity index (χ1) is 14.3. The number of rotatable bonds is 9. The minimum atomic E-state index is -0.224. The predicted octanol–water partition coefficient (Wildman–Crippen LogP) is 1.05. The van der Waals surface area contributed by atoms with Crippen LogP contribution in [0.15, 0.2) is 18.2 Å². The van der Waals surface area contributed by atoms with Crippen LogP contribution in [0.25, 0.3) is 0 Å². The number of amides is 3. The number of piperazine rings is 1. The molecule has 0 aromatic heterocycles. The fraction of sp³-hybridized carbons (Fsp3) is 0.571. The first-order valence-corrected chi connectivity index (χ1v) is 10.2. The van der Waals surface area contributed by atoms with Crippen LogP contribution in [0.1, 0.15) is 20.8 Å². The first kappa shape index (κ1) is 23.5. The summed E-state index contributed by atoms with van der Waals surface area (Å²) in [5.41, 5.74) is 0.604. The Morgan fingerprint density at radius 3 is 2.17 bits per heavy atom. The average molecular weight is 421 g/mol. The third kappa shape index (κ3) is 6.91. The van der Waals surface area contributed by atoms with Gasteiger partial charge in [0.25, 0.3) is 0 Å². The largest absolute Gasteiger partial charge is 0.490 e. The van der Waals surface area contributed by atoms with Crippen LogP contribution < -0.4 is 14.8 Å². The third-order valence-corrected chi connectivity index (χ3v) is 4.72. The fourth-order valence-electron chi connectivity index (χ4n) is 3.23. The van der Waals surface area contributed by atoms with Crippen LogP contribution in [0.3, 0.4) is 0 Å². The van der Waals surface area contributed by atoms with Crippen molar-refractivity contribution in [3.8, 4) is 11.5 Å². The molecule has 0 spiro atoms. The van der Waals surface area contributed by atoms with E-state index in [-0.39, 0.29) is 30.8 Å². The molecule has 1 heterocycles. The number of nitrogens with zero attached hydrogens (tertiary/aromatic N) is 3. The molecule has 1 aliphatic rings. The predicted molar refractivity (Wildman–Crippen MR) is 114 cm³/mol. The van der Waals surface area contributed by atoms with E-state index in [0.717, 1.165) is 0 Å². The summed E-state index contributed by atoms with van der Waals surface area (Å²) in [6, 6.07) is 5.25. The lowest BCUT2D eigenvalue weighted by Gasteiger charge is -2.35. The lowest BCUT2D eigenvalue weighted by atomic mass is 10.2. The van der Waals surface area contributed by atoms with Crippen LogP contribution in [0.4, 0.5) is 5.69 Å². The van der Waals surface area contributed by atoms with E-state index in [1.807, 2.05) is 13.8 Å². The Morgan fingerprint density at radius 1 is 0.967 bits per heavy atom. The molecule has 9 heteroatoms. The number of nitrogens with one attached hydrogen (secondary N) is 1. The summed E-state index contributed by atoms with van der Waals surface area (Å²) in [6.45, 7) is 8.67. The lowest BCUT2D eigenvalue weighted by molar-refractivity contribution is -0.139. The van der Waals surface area contributed by atoms with Gasteiger partial charge in [0, 0.05) is 44.9 Å². The van der Waals surface area contributed by atoms with E-state index in [1.54, 1.807) is 39.9 Å². The number of hydrogen-bond donors (Lipinski definition) is 1. The molecule has 9 nitrogen and oxygen atoms in total. The maximum absolute atomic E-state index is 12.5. The van der Waals surface area contributed by atoms with Crippen LogP contribution in [0, 0.1) is 0 Å². The second kappa shape index (κ2) is 11.4. The van der Waals surface area contributed by atoms with Crippen molar-refractivity contribution >= 4 is 23.4 Å². The molecular formula is C21H32N4O5. The molecule has 0 unspecified atom stereocenters. The molecule has 0 bridgehead atoms. The van der Waals surface area contributed by atoms with Crippen molar-refractivity contribution in [2.45, 2.75) is 20.8 Å². The fourth-order valence-corrected chi connectivity index (χ4v) is 3.23. The summed E-state index contributed by atoms with van der Waals surface area (Å²) >= 11 is 0. The quantitative estimate of drug-likeness (QED) is 0.642. The molecule has 1 aromatic carbocycles. The van der Waals surface area contributed by atoms with Gasteiger partial charge in [0.15, 0.2) is 11.5 Å². The molecule has 1 aromatic rings. The Labute approximate surface area is 177 Å². The molecule has 1 N–H and O–H groups in total. The Morgan fingerprint density at radius 2 is 1.57 bits per heavy atom. The van der Waals surface area contributed by atoms with E-state index >= 15 is 0 Å². The molecule has 0 atom stereocenters. The number of hydrogen-bond acceptors (Lipinski definition) is 6. The SMILES string of the molecule is CCOc1ccc(NC(=O)CN(C)CC(=O)N2CCN(C(C)=O)CC2)cc1OCC. The Kier molecular flexibility index (Phi) is 8.91. The summed E-state index contributed by atoms with van der Waals surface area (Å²) in [7, 11) is 1.73. The van der Waals surface area contributed by atoms with Gasteiger partial charge in [-0.05, 0) is 33.0 Å². The highest BCUT2D eigenvalue weighted by atomic mass is 16.5. The molecule has 1 aliphatic heterocycles. The van der Waals surface area contributed by atoms with Gasteiger partial charge in [0.1, 0.15) is 0 Å². The van der Waals surface area contributed by atoms with E-state index in [9.17, 15) is 14.4 Å². The van der Waals surface area contributed by atoms with Crippen molar-refractivity contribution in [1.29, 1.82) is 0 Å². The molecule has 0 radical (unpaired) electrons. The molecule has 1 saturated heterocycles. The normalized spacial score (nSPS) is 13.9. The minimum absolute atomic E-state index is 0.0256. The first-order valence-electron chi connectivity index (χ1n) is 10.2. The number of anilines is 1. The molecule has 1 fully saturated rings. The van der Waals surface area contributed by atoms with Crippen molar-refractivity contribution in [3.05, 3.63) is 18.2 Å². The Hall–Kier alpha value is -2.81. The van der Waals surface area contributed by atoms with Gasteiger partial charge in [0.05, 0.1) is 26.3 Å². The highest BCUT2D eigenvalue weighted by Gasteiger charge is 2.23. The zero-order valence-corrected chi connectivity index (χ0v) is 18.3. The van der Waals surface area contributed by atoms with Crippen molar-refractivity contribution in [1.82, 2.24) is 14.7 Å². The summed E-state index contributed by atoms with van der Waals surface area (Å²) in [6.07, 6.45) is 0. The molecule has 2 rings (SSSR count). The van der Waals surface area contributed by atoms with Crippen LogP contribution in [-0.2, 0) is 14.4 Å². The van der Waals surface area contributed by atoms with Gasteiger partial charge in [-0.3, -0.25) is 19.3 Å². The molecular weight excluding hydrogens is 388 g/mol. The summed E-state index contributed by atoms with van der Waals surface area (Å²) < 4.78 is 11.1. The number of benzene rings is 1. The highest BCUT2D eigenvalue weighted by Crippen LogP contribution is 2.30. The van der Waals surface area contributed by atoms with Gasteiger partial charge >= 0.3 is 0 Å². The minimum Gasteiger partial charge on any atom is -0.490 e. The molecule has 166 valence electrons. The molecule has 3 amide bonds. The summed E-state index contributed by atoms with van der Waals surface area (Å²) in [4.78, 5) is 41.4. The topological polar surface area (TPSA) is 91.4 Å². The van der Waals surface area contributed by atoms with Gasteiger partial charge in [-0.15, -0.1) is 0 Å².